The van der Waals surface area contributed by atoms with Crippen molar-refractivity contribution in [3.8, 4) is 11.3 Å². The molecule has 0 saturated heterocycles. The Morgan fingerprint density at radius 2 is 2.00 bits per heavy atom. The summed E-state index contributed by atoms with van der Waals surface area (Å²) in [4.78, 5) is 31.4. The number of alkyl halides is 3. The van der Waals surface area contributed by atoms with Crippen molar-refractivity contribution in [1.82, 2.24) is 19.3 Å². The molecule has 0 aliphatic carbocycles. The summed E-state index contributed by atoms with van der Waals surface area (Å²) in [5.41, 5.74) is 5.60. The monoisotopic (exact) mass is 568 g/mol. The molecule has 0 unspecified atom stereocenters. The quantitative estimate of drug-likeness (QED) is 0.302. The van der Waals surface area contributed by atoms with Crippen LogP contribution in [0.5, 0.6) is 0 Å². The van der Waals surface area contributed by atoms with Crippen LogP contribution in [0.25, 0.3) is 11.3 Å². The lowest BCUT2D eigenvalue weighted by Crippen LogP contribution is -2.42. The lowest BCUT2D eigenvalue weighted by atomic mass is 10.1. The normalized spacial score (nSPS) is 16.2. The number of rotatable bonds is 8. The number of imidazole rings is 1. The molecule has 1 aromatic carbocycles. The second-order valence-electron chi connectivity index (χ2n) is 10.4. The van der Waals surface area contributed by atoms with Gasteiger partial charge in [-0.25, -0.2) is 4.98 Å². The summed E-state index contributed by atoms with van der Waals surface area (Å²) in [6, 6.07) is 3.82. The molecule has 1 aliphatic heterocycles. The molecule has 2 amide bonds. The van der Waals surface area contributed by atoms with E-state index in [0.29, 0.717) is 17.9 Å². The lowest BCUT2D eigenvalue weighted by molar-refractivity contribution is -0.137. The highest BCUT2D eigenvalue weighted by Gasteiger charge is 2.37. The largest absolute Gasteiger partial charge is 0.417 e. The van der Waals surface area contributed by atoms with Crippen molar-refractivity contribution in [2.45, 2.75) is 51.6 Å². The van der Waals surface area contributed by atoms with Crippen molar-refractivity contribution < 1.29 is 27.5 Å². The molecule has 2 aromatic heterocycles. The van der Waals surface area contributed by atoms with Crippen LogP contribution < -0.4 is 10.6 Å². The first-order valence-corrected chi connectivity index (χ1v) is 16.0. The molecule has 14 heteroatoms. The van der Waals surface area contributed by atoms with Crippen LogP contribution in [-0.2, 0) is 17.6 Å². The Kier molecular flexibility index (Phi) is 7.47. The summed E-state index contributed by atoms with van der Waals surface area (Å²) >= 11 is 5.91. The second kappa shape index (κ2) is 10.2. The molecule has 4 rings (SSSR count). The van der Waals surface area contributed by atoms with E-state index in [9.17, 15) is 22.8 Å². The van der Waals surface area contributed by atoms with E-state index in [-0.39, 0.29) is 36.5 Å². The molecule has 2 N–H and O–H groups in total. The van der Waals surface area contributed by atoms with Crippen LogP contribution in [-0.4, -0.2) is 52.4 Å². The van der Waals surface area contributed by atoms with Crippen molar-refractivity contribution in [1.29, 1.82) is 0 Å². The van der Waals surface area contributed by atoms with Gasteiger partial charge in [-0.3, -0.25) is 14.3 Å². The highest BCUT2D eigenvalue weighted by Crippen LogP contribution is 2.38. The van der Waals surface area contributed by atoms with Gasteiger partial charge in [-0.15, -0.1) is 0 Å². The topological polar surface area (TPSA) is 108 Å². The summed E-state index contributed by atoms with van der Waals surface area (Å²) in [5.74, 6) is -1.28. The van der Waals surface area contributed by atoms with E-state index in [0.717, 1.165) is 18.2 Å². The molecule has 3 aromatic rings. The smallest absolute Gasteiger partial charge is 0.363 e. The zero-order valence-electron chi connectivity index (χ0n) is 21.3. The molecule has 1 aliphatic rings. The number of aromatic nitrogens is 4. The van der Waals surface area contributed by atoms with Gasteiger partial charge in [0.2, 0.25) is 5.82 Å². The van der Waals surface area contributed by atoms with Crippen LogP contribution in [0.2, 0.25) is 30.7 Å². The van der Waals surface area contributed by atoms with E-state index in [1.165, 1.54) is 26.4 Å². The van der Waals surface area contributed by atoms with E-state index in [1.54, 1.807) is 6.20 Å². The highest BCUT2D eigenvalue weighted by atomic mass is 35.5. The van der Waals surface area contributed by atoms with Crippen LogP contribution in [0.1, 0.15) is 39.6 Å². The number of carbonyl (C=O) groups excluding carboxylic acids is 2. The maximum atomic E-state index is 13.6. The van der Waals surface area contributed by atoms with Crippen molar-refractivity contribution in [3.05, 3.63) is 52.7 Å². The van der Waals surface area contributed by atoms with Crippen molar-refractivity contribution in [2.24, 2.45) is 5.73 Å². The molecular weight excluding hydrogens is 541 g/mol. The number of halogens is 4. The van der Waals surface area contributed by atoms with E-state index >= 15 is 0 Å². The summed E-state index contributed by atoms with van der Waals surface area (Å²) < 4.78 is 48.3. The van der Waals surface area contributed by atoms with Crippen molar-refractivity contribution >= 4 is 37.2 Å². The van der Waals surface area contributed by atoms with Gasteiger partial charge >= 0.3 is 6.18 Å². The molecule has 9 nitrogen and oxygen atoms in total. The minimum Gasteiger partial charge on any atom is -0.363 e. The first kappa shape index (κ1) is 27.9. The molecule has 3 heterocycles. The predicted octanol–water partition coefficient (Wildman–Crippen LogP) is 5.05. The van der Waals surface area contributed by atoms with Crippen LogP contribution >= 0.6 is 11.6 Å². The summed E-state index contributed by atoms with van der Waals surface area (Å²) in [7, 11) is -1.31. The Labute approximate surface area is 223 Å². The Morgan fingerprint density at radius 3 is 2.61 bits per heavy atom. The zero-order chi connectivity index (χ0) is 28.0. The SMILES string of the molecule is C[C@H]1CN(c2ccc(C(F)(F)F)c(Cl)c2)C(=O)c2c(-c3cn(COCC[Si](C)(C)C)c(C(N)=O)n3)cnn21. The third-order valence-electron chi connectivity index (χ3n) is 6.18. The van der Waals surface area contributed by atoms with Crippen LogP contribution in [0.4, 0.5) is 18.9 Å². The number of primary amides is 1. The average molecular weight is 569 g/mol. The Balaban J connectivity index is 1.66. The molecule has 0 saturated carbocycles. The number of ether oxygens (including phenoxy) is 1. The summed E-state index contributed by atoms with van der Waals surface area (Å²) in [5, 5.41) is 3.84. The summed E-state index contributed by atoms with van der Waals surface area (Å²) in [6.07, 6.45) is -1.58. The fourth-order valence-electron chi connectivity index (χ4n) is 4.16. The predicted molar refractivity (Wildman–Crippen MR) is 139 cm³/mol. The highest BCUT2D eigenvalue weighted by molar-refractivity contribution is 6.76. The maximum absolute atomic E-state index is 13.6. The number of fused-ring (bicyclic) bond motifs is 1. The average Bonchev–Trinajstić information content (AvgIpc) is 3.42. The van der Waals surface area contributed by atoms with Gasteiger partial charge in [0, 0.05) is 33.1 Å². The standard InChI is InChI=1S/C24H28ClF3N6O3Si/c1-14-11-33(15-5-6-17(18(25)9-15)24(26,27)28)23(36)20-16(10-30-34(14)20)19-12-32(22(31-19)21(29)35)13-37-7-8-38(2,3)4/h5-6,9-10,12,14H,7-8,11,13H2,1-4H3,(H2,29,35)/t14-/m0/s1. The van der Waals surface area contributed by atoms with Gasteiger partial charge in [-0.1, -0.05) is 31.2 Å². The molecule has 0 radical (unpaired) electrons. The fourth-order valence-corrected chi connectivity index (χ4v) is 5.19. The van der Waals surface area contributed by atoms with Gasteiger partial charge in [-0.2, -0.15) is 18.3 Å². The van der Waals surface area contributed by atoms with Gasteiger partial charge in [0.1, 0.15) is 12.4 Å². The molecule has 0 bridgehead atoms. The number of carbonyl (C=O) groups is 2. The molecule has 204 valence electrons. The number of nitrogens with two attached hydrogens (primary N) is 1. The van der Waals surface area contributed by atoms with Gasteiger partial charge in [0.25, 0.3) is 11.8 Å². The van der Waals surface area contributed by atoms with Crippen LogP contribution in [0, 0.1) is 0 Å². The van der Waals surface area contributed by atoms with Gasteiger partial charge in [0.05, 0.1) is 34.1 Å². The zero-order valence-corrected chi connectivity index (χ0v) is 23.1. The first-order chi connectivity index (χ1) is 17.7. The number of anilines is 1. The lowest BCUT2D eigenvalue weighted by Gasteiger charge is -2.32. The summed E-state index contributed by atoms with van der Waals surface area (Å²) in [6.45, 7) is 9.24. The third-order valence-corrected chi connectivity index (χ3v) is 8.19. The number of nitrogens with zero attached hydrogens (tertiary/aromatic N) is 5. The number of hydrogen-bond acceptors (Lipinski definition) is 5. The minimum atomic E-state index is -4.62. The van der Waals surface area contributed by atoms with Crippen molar-refractivity contribution in [3.63, 3.8) is 0 Å². The number of benzene rings is 1. The van der Waals surface area contributed by atoms with E-state index < -0.39 is 36.7 Å². The van der Waals surface area contributed by atoms with Gasteiger partial charge in [0.15, 0.2) is 0 Å². The minimum absolute atomic E-state index is 0.0318. The number of hydrogen-bond donors (Lipinski definition) is 1. The van der Waals surface area contributed by atoms with E-state index in [1.807, 2.05) is 6.92 Å². The second-order valence-corrected chi connectivity index (χ2v) is 16.4. The number of amides is 2. The van der Waals surface area contributed by atoms with E-state index in [4.69, 9.17) is 22.1 Å². The Hall–Kier alpha value is -3.16. The molecule has 1 atom stereocenters. The fraction of sp³-hybridized carbons (Fsp3) is 0.417. The van der Waals surface area contributed by atoms with Gasteiger partial charge in [-0.05, 0) is 31.2 Å². The molecular formula is C24H28ClF3N6O3Si. The molecule has 0 fully saturated rings. The molecule has 38 heavy (non-hydrogen) atoms. The van der Waals surface area contributed by atoms with E-state index in [2.05, 4.69) is 29.7 Å². The maximum Gasteiger partial charge on any atom is 0.417 e. The van der Waals surface area contributed by atoms with Crippen LogP contribution in [0.3, 0.4) is 0 Å². The Bertz CT molecular complexity index is 1380. The molecule has 0 spiro atoms. The first-order valence-electron chi connectivity index (χ1n) is 11.9. The van der Waals surface area contributed by atoms with Gasteiger partial charge < -0.3 is 19.9 Å². The van der Waals surface area contributed by atoms with Crippen LogP contribution in [0.15, 0.2) is 30.6 Å². The van der Waals surface area contributed by atoms with Crippen molar-refractivity contribution in [2.75, 3.05) is 18.1 Å². The third kappa shape index (κ3) is 5.64. The Morgan fingerprint density at radius 1 is 1.29 bits per heavy atom.